The fourth-order valence-electron chi connectivity index (χ4n) is 2.30. The Labute approximate surface area is 139 Å². The van der Waals surface area contributed by atoms with Crippen molar-refractivity contribution in [2.75, 3.05) is 0 Å². The summed E-state index contributed by atoms with van der Waals surface area (Å²) in [5.41, 5.74) is 1.90. The van der Waals surface area contributed by atoms with Crippen LogP contribution >= 0.6 is 0 Å². The van der Waals surface area contributed by atoms with E-state index in [4.69, 9.17) is 10.00 Å². The second-order valence-electron chi connectivity index (χ2n) is 5.16. The molecule has 0 radical (unpaired) electrons. The van der Waals surface area contributed by atoms with Crippen molar-refractivity contribution in [1.29, 1.82) is 5.26 Å². The Morgan fingerprint density at radius 2 is 2.08 bits per heavy atom. The first-order valence-electron chi connectivity index (χ1n) is 7.52. The summed E-state index contributed by atoms with van der Waals surface area (Å²) in [6, 6.07) is 12.1. The summed E-state index contributed by atoms with van der Waals surface area (Å²) in [7, 11) is 0. The van der Waals surface area contributed by atoms with Crippen LogP contribution in [0.4, 0.5) is 4.39 Å². The van der Waals surface area contributed by atoms with Crippen molar-refractivity contribution in [2.24, 2.45) is 0 Å². The molecule has 0 fully saturated rings. The lowest BCUT2D eigenvalue weighted by Gasteiger charge is -2.09. The summed E-state index contributed by atoms with van der Waals surface area (Å²) in [6.45, 7) is 2.13. The molecule has 0 aliphatic heterocycles. The normalized spacial score (nSPS) is 10.4. The Kier molecular flexibility index (Phi) is 4.52. The third-order valence-corrected chi connectivity index (χ3v) is 3.58. The van der Waals surface area contributed by atoms with Crippen molar-refractivity contribution in [2.45, 2.75) is 20.0 Å². The van der Waals surface area contributed by atoms with Crippen molar-refractivity contribution in [3.05, 3.63) is 71.3 Å². The van der Waals surface area contributed by atoms with E-state index in [9.17, 15) is 4.39 Å². The highest BCUT2D eigenvalue weighted by Crippen LogP contribution is 2.18. The molecule has 0 aliphatic rings. The van der Waals surface area contributed by atoms with E-state index in [1.165, 1.54) is 16.9 Å². The van der Waals surface area contributed by atoms with Crippen LogP contribution in [0.25, 0.3) is 5.82 Å². The van der Waals surface area contributed by atoms with Gasteiger partial charge in [-0.1, -0.05) is 19.1 Å². The quantitative estimate of drug-likeness (QED) is 0.722. The summed E-state index contributed by atoms with van der Waals surface area (Å²) in [6.07, 6.45) is 3.77. The third kappa shape index (κ3) is 3.25. The van der Waals surface area contributed by atoms with E-state index in [0.29, 0.717) is 29.2 Å². The molecule has 0 spiro atoms. The summed E-state index contributed by atoms with van der Waals surface area (Å²) in [5, 5.41) is 13.1. The van der Waals surface area contributed by atoms with Crippen molar-refractivity contribution in [1.82, 2.24) is 14.8 Å². The van der Waals surface area contributed by atoms with Crippen LogP contribution in [-0.4, -0.2) is 14.8 Å². The van der Waals surface area contributed by atoms with E-state index < -0.39 is 0 Å². The number of hydrogen-bond acceptors (Lipinski definition) is 4. The van der Waals surface area contributed by atoms with Gasteiger partial charge in [0.1, 0.15) is 12.4 Å². The maximum Gasteiger partial charge on any atom is 0.218 e. The van der Waals surface area contributed by atoms with Gasteiger partial charge in [-0.3, -0.25) is 0 Å². The number of hydrogen-bond donors (Lipinski definition) is 0. The van der Waals surface area contributed by atoms with Crippen molar-refractivity contribution in [3.8, 4) is 17.8 Å². The van der Waals surface area contributed by atoms with E-state index in [0.717, 1.165) is 5.56 Å². The molecule has 24 heavy (non-hydrogen) atoms. The molecule has 0 unspecified atom stereocenters. The largest absolute Gasteiger partial charge is 0.473 e. The van der Waals surface area contributed by atoms with Crippen LogP contribution in [-0.2, 0) is 13.0 Å². The molecule has 5 nitrogen and oxygen atoms in total. The fraction of sp³-hybridized carbons (Fsp3) is 0.167. The van der Waals surface area contributed by atoms with Gasteiger partial charge >= 0.3 is 0 Å². The molecule has 6 heteroatoms. The molecular formula is C18H15FN4O. The number of nitrogens with zero attached hydrogens (tertiary/aromatic N) is 4. The summed E-state index contributed by atoms with van der Waals surface area (Å²) < 4.78 is 21.1. The Balaban J connectivity index is 1.79. The second kappa shape index (κ2) is 6.92. The lowest BCUT2D eigenvalue weighted by atomic mass is 10.1. The average Bonchev–Trinajstić information content (AvgIpc) is 3.08. The molecule has 0 aliphatic carbocycles. The minimum absolute atomic E-state index is 0.213. The molecule has 0 N–H and O–H groups in total. The molecule has 0 bridgehead atoms. The van der Waals surface area contributed by atoms with Gasteiger partial charge in [-0.05, 0) is 29.7 Å². The van der Waals surface area contributed by atoms with E-state index >= 15 is 0 Å². The second-order valence-corrected chi connectivity index (χ2v) is 5.16. The number of ether oxygens (including phenoxy) is 1. The number of rotatable bonds is 5. The maximum absolute atomic E-state index is 13.8. The fourth-order valence-corrected chi connectivity index (χ4v) is 2.30. The lowest BCUT2D eigenvalue weighted by molar-refractivity contribution is 0.283. The van der Waals surface area contributed by atoms with Gasteiger partial charge in [0.15, 0.2) is 5.82 Å². The first-order valence-corrected chi connectivity index (χ1v) is 7.52. The van der Waals surface area contributed by atoms with Gasteiger partial charge in [0.2, 0.25) is 5.88 Å². The molecule has 3 rings (SSSR count). The number of pyridine rings is 1. The van der Waals surface area contributed by atoms with Crippen molar-refractivity contribution in [3.63, 3.8) is 0 Å². The first-order chi connectivity index (χ1) is 11.7. The predicted molar refractivity (Wildman–Crippen MR) is 86.2 cm³/mol. The van der Waals surface area contributed by atoms with E-state index in [-0.39, 0.29) is 12.4 Å². The van der Waals surface area contributed by atoms with Crippen LogP contribution in [0.15, 0.2) is 48.8 Å². The van der Waals surface area contributed by atoms with Gasteiger partial charge < -0.3 is 4.74 Å². The van der Waals surface area contributed by atoms with E-state index in [1.807, 2.05) is 13.0 Å². The molecule has 2 heterocycles. The van der Waals surface area contributed by atoms with Crippen LogP contribution in [0.5, 0.6) is 5.88 Å². The summed E-state index contributed by atoms with van der Waals surface area (Å²) in [4.78, 5) is 4.19. The highest BCUT2D eigenvalue weighted by atomic mass is 19.1. The third-order valence-electron chi connectivity index (χ3n) is 3.58. The molecule has 0 saturated heterocycles. The van der Waals surface area contributed by atoms with Crippen LogP contribution in [0.1, 0.15) is 23.6 Å². The van der Waals surface area contributed by atoms with E-state index in [1.54, 1.807) is 30.5 Å². The van der Waals surface area contributed by atoms with Gasteiger partial charge in [0.25, 0.3) is 0 Å². The van der Waals surface area contributed by atoms with Gasteiger partial charge in [-0.25, -0.2) is 9.37 Å². The Hall–Kier alpha value is -3.20. The Morgan fingerprint density at radius 1 is 1.21 bits per heavy atom. The SMILES string of the molecule is CCc1ccc(COc2ccnn2-c2cc(C#N)ccn2)cc1F. The highest BCUT2D eigenvalue weighted by molar-refractivity contribution is 5.37. The number of halogens is 1. The van der Waals surface area contributed by atoms with Gasteiger partial charge in [0, 0.05) is 18.3 Å². The van der Waals surface area contributed by atoms with Gasteiger partial charge in [0.05, 0.1) is 17.8 Å². The molecular weight excluding hydrogens is 307 g/mol. The molecule has 0 saturated carbocycles. The average molecular weight is 322 g/mol. The van der Waals surface area contributed by atoms with Crippen molar-refractivity contribution < 1.29 is 9.13 Å². The minimum Gasteiger partial charge on any atom is -0.473 e. The van der Waals surface area contributed by atoms with Crippen LogP contribution < -0.4 is 4.74 Å². The van der Waals surface area contributed by atoms with Crippen molar-refractivity contribution >= 4 is 0 Å². The minimum atomic E-state index is -0.226. The summed E-state index contributed by atoms with van der Waals surface area (Å²) in [5.74, 6) is 0.731. The van der Waals surface area contributed by atoms with Crippen LogP contribution in [0.2, 0.25) is 0 Å². The standard InChI is InChI=1S/C18H15FN4O/c1-2-15-4-3-14(9-16(15)19)12-24-18-6-8-22-23(18)17-10-13(11-20)5-7-21-17/h3-10H,2,12H2,1H3. The molecule has 120 valence electrons. The zero-order chi connectivity index (χ0) is 16.9. The lowest BCUT2D eigenvalue weighted by Crippen LogP contribution is -2.05. The Morgan fingerprint density at radius 3 is 2.83 bits per heavy atom. The number of nitriles is 1. The van der Waals surface area contributed by atoms with Crippen LogP contribution in [0, 0.1) is 17.1 Å². The molecule has 3 aromatic rings. The zero-order valence-electron chi connectivity index (χ0n) is 13.1. The molecule has 1 aromatic carbocycles. The molecule has 0 atom stereocenters. The predicted octanol–water partition coefficient (Wildman–Crippen LogP) is 3.42. The molecule has 0 amide bonds. The van der Waals surface area contributed by atoms with Gasteiger partial charge in [-0.2, -0.15) is 15.0 Å². The first kappa shape index (κ1) is 15.7. The van der Waals surface area contributed by atoms with E-state index in [2.05, 4.69) is 16.2 Å². The zero-order valence-corrected chi connectivity index (χ0v) is 13.1. The Bertz CT molecular complexity index is 898. The highest BCUT2D eigenvalue weighted by Gasteiger charge is 2.09. The van der Waals surface area contributed by atoms with Gasteiger partial charge in [-0.15, -0.1) is 0 Å². The monoisotopic (exact) mass is 322 g/mol. The topological polar surface area (TPSA) is 63.7 Å². The van der Waals surface area contributed by atoms with Crippen LogP contribution in [0.3, 0.4) is 0 Å². The smallest absolute Gasteiger partial charge is 0.218 e. The summed E-state index contributed by atoms with van der Waals surface area (Å²) >= 11 is 0. The number of benzene rings is 1. The number of aromatic nitrogens is 3. The number of aryl methyl sites for hydroxylation is 1. The molecule has 2 aromatic heterocycles. The maximum atomic E-state index is 13.8.